The lowest BCUT2D eigenvalue weighted by Gasteiger charge is -2.44. The van der Waals surface area contributed by atoms with Gasteiger partial charge in [0.15, 0.2) is 5.75 Å². The monoisotopic (exact) mass is 617 g/mol. The number of hydrogen-bond donors (Lipinski definition) is 1. The van der Waals surface area contributed by atoms with Gasteiger partial charge in [-0.05, 0) is 69.6 Å². The normalized spacial score (nSPS) is 19.6. The van der Waals surface area contributed by atoms with E-state index in [9.17, 15) is 4.21 Å². The van der Waals surface area contributed by atoms with Gasteiger partial charge in [0.1, 0.15) is 11.6 Å². The summed E-state index contributed by atoms with van der Waals surface area (Å²) in [6, 6.07) is 18.2. The predicted octanol–water partition coefficient (Wildman–Crippen LogP) is 8.31. The fourth-order valence-corrected chi connectivity index (χ4v) is 7.94. The number of hydrogen-bond acceptors (Lipinski definition) is 5. The molecule has 2 fully saturated rings. The molecular weight excluding hydrogens is 581 g/mol. The lowest BCUT2D eigenvalue weighted by Crippen LogP contribution is -2.51. The van der Waals surface area contributed by atoms with Crippen molar-refractivity contribution >= 4 is 51.6 Å². The van der Waals surface area contributed by atoms with E-state index in [4.69, 9.17) is 32.9 Å². The molecule has 0 bridgehead atoms. The van der Waals surface area contributed by atoms with Crippen LogP contribution in [0.2, 0.25) is 10.0 Å². The maximum absolute atomic E-state index is 12.9. The van der Waals surface area contributed by atoms with Crippen LogP contribution < -0.4 is 14.4 Å². The van der Waals surface area contributed by atoms with Crippen molar-refractivity contribution in [2.24, 2.45) is 5.41 Å². The van der Waals surface area contributed by atoms with E-state index < -0.39 is 11.0 Å². The minimum atomic E-state index is -1.05. The van der Waals surface area contributed by atoms with E-state index in [2.05, 4.69) is 27.8 Å². The van der Waals surface area contributed by atoms with Gasteiger partial charge in [-0.15, -0.1) is 0 Å². The Morgan fingerprint density at radius 3 is 2.58 bits per heavy atom. The van der Waals surface area contributed by atoms with Crippen molar-refractivity contribution in [1.29, 1.82) is 0 Å². The van der Waals surface area contributed by atoms with Gasteiger partial charge < -0.3 is 9.64 Å². The quantitative estimate of drug-likeness (QED) is 0.275. The number of nitrogens with one attached hydrogen (secondary N) is 1. The summed E-state index contributed by atoms with van der Waals surface area (Å²) >= 11 is 14.2. The molecule has 2 aromatic carbocycles. The molecular formula is C31H37Cl2N3O2S2. The molecule has 1 N–H and O–H groups in total. The third kappa shape index (κ3) is 6.81. The second-order valence-electron chi connectivity index (χ2n) is 11.7. The first-order valence-electron chi connectivity index (χ1n) is 13.9. The number of aromatic nitrogens is 1. The van der Waals surface area contributed by atoms with E-state index in [1.165, 1.54) is 24.6 Å². The maximum atomic E-state index is 12.9. The Morgan fingerprint density at radius 1 is 1.10 bits per heavy atom. The highest BCUT2D eigenvalue weighted by Gasteiger charge is 2.46. The number of anilines is 1. The number of benzene rings is 2. The minimum absolute atomic E-state index is 0.205. The van der Waals surface area contributed by atoms with E-state index in [0.29, 0.717) is 22.7 Å². The molecule has 5 rings (SSSR count). The molecule has 1 aliphatic heterocycles. The molecule has 0 amide bonds. The lowest BCUT2D eigenvalue weighted by atomic mass is 9.74. The zero-order valence-electron chi connectivity index (χ0n) is 23.3. The molecule has 1 spiro atoms. The fourth-order valence-electron chi connectivity index (χ4n) is 5.61. The second kappa shape index (κ2) is 12.6. The van der Waals surface area contributed by atoms with Gasteiger partial charge in [0, 0.05) is 30.1 Å². The van der Waals surface area contributed by atoms with Gasteiger partial charge >= 0.3 is 0 Å². The van der Waals surface area contributed by atoms with Crippen LogP contribution in [0.5, 0.6) is 5.75 Å². The largest absolute Gasteiger partial charge is 0.486 e. The average molecular weight is 619 g/mol. The van der Waals surface area contributed by atoms with E-state index in [1.54, 1.807) is 6.07 Å². The van der Waals surface area contributed by atoms with Gasteiger partial charge in [0.05, 0.1) is 37.7 Å². The molecule has 2 aliphatic rings. The summed E-state index contributed by atoms with van der Waals surface area (Å²) in [4.78, 5) is 8.09. The predicted molar refractivity (Wildman–Crippen MR) is 168 cm³/mol. The van der Waals surface area contributed by atoms with Crippen molar-refractivity contribution in [3.63, 3.8) is 0 Å². The molecule has 1 saturated carbocycles. The van der Waals surface area contributed by atoms with Crippen molar-refractivity contribution in [3.05, 3.63) is 76.4 Å². The highest BCUT2D eigenvalue weighted by molar-refractivity contribution is 7.99. The van der Waals surface area contributed by atoms with Crippen LogP contribution in [0.1, 0.15) is 58.4 Å². The van der Waals surface area contributed by atoms with Gasteiger partial charge in [-0.3, -0.25) is 0 Å². The average Bonchev–Trinajstić information content (AvgIpc) is 3.32. The summed E-state index contributed by atoms with van der Waals surface area (Å²) in [6.07, 6.45) is 7.56. The third-order valence-electron chi connectivity index (χ3n) is 8.00. The molecule has 1 aliphatic carbocycles. The number of halogens is 2. The van der Waals surface area contributed by atoms with Crippen molar-refractivity contribution in [3.8, 4) is 5.75 Å². The summed E-state index contributed by atoms with van der Waals surface area (Å²) in [5.74, 6) is 0.726. The number of piperidine rings is 1. The second-order valence-corrected chi connectivity index (χ2v) is 15.5. The van der Waals surface area contributed by atoms with Gasteiger partial charge in [-0.25, -0.2) is 13.9 Å². The number of rotatable bonds is 8. The standard InChI is InChI=1S/C31H37Cl2N3O2S2/c1-30(2,3)40(37)35-27-13-8-14-31(27)15-17-36(18-16-31)23-19-25(38-21-22-9-5-4-6-10-22)29(34-20-23)39-26-12-7-11-24(32)28(26)33/h4-7,9-12,19-20,27,35H,8,13-18,21H2,1-3H3/t27-,40?/m1/s1. The Morgan fingerprint density at radius 2 is 1.85 bits per heavy atom. The Balaban J connectivity index is 1.33. The van der Waals surface area contributed by atoms with Gasteiger partial charge in [-0.2, -0.15) is 0 Å². The molecule has 9 heteroatoms. The number of nitrogens with zero attached hydrogens (tertiary/aromatic N) is 2. The Hall–Kier alpha value is -1.77. The van der Waals surface area contributed by atoms with Gasteiger partial charge in [0.25, 0.3) is 0 Å². The van der Waals surface area contributed by atoms with Crippen LogP contribution in [0.15, 0.2) is 70.7 Å². The summed E-state index contributed by atoms with van der Waals surface area (Å²) in [7, 11) is -1.05. The van der Waals surface area contributed by atoms with Crippen LogP contribution >= 0.6 is 35.0 Å². The van der Waals surface area contributed by atoms with Gasteiger partial charge in [0.2, 0.25) is 0 Å². The molecule has 3 aromatic rings. The highest BCUT2D eigenvalue weighted by atomic mass is 35.5. The topological polar surface area (TPSA) is 54.5 Å². The van der Waals surface area contributed by atoms with E-state index >= 15 is 0 Å². The fraction of sp³-hybridized carbons (Fsp3) is 0.452. The maximum Gasteiger partial charge on any atom is 0.154 e. The van der Waals surface area contributed by atoms with Crippen LogP contribution in [-0.2, 0) is 17.6 Å². The van der Waals surface area contributed by atoms with Crippen molar-refractivity contribution < 1.29 is 8.95 Å². The Kier molecular flexibility index (Phi) is 9.37. The van der Waals surface area contributed by atoms with Gasteiger partial charge in [-0.1, -0.05) is 77.8 Å². The van der Waals surface area contributed by atoms with Crippen LogP contribution in [-0.4, -0.2) is 33.1 Å². The molecule has 1 saturated heterocycles. The molecule has 214 valence electrons. The summed E-state index contributed by atoms with van der Waals surface area (Å²) in [5.41, 5.74) is 2.36. The van der Waals surface area contributed by atoms with E-state index in [1.807, 2.05) is 57.3 Å². The third-order valence-corrected chi connectivity index (χ3v) is 11.6. The summed E-state index contributed by atoms with van der Waals surface area (Å²) in [6.45, 7) is 8.43. The SMILES string of the molecule is CC(C)(C)S(=O)N[C@@H]1CCCC12CCN(c1cnc(Sc3cccc(Cl)c3Cl)c(OCc3ccccc3)c1)CC2. The number of ether oxygens (including phenoxy) is 1. The van der Waals surface area contributed by atoms with Crippen molar-refractivity contribution in [2.75, 3.05) is 18.0 Å². The Labute approximate surface area is 255 Å². The molecule has 40 heavy (non-hydrogen) atoms. The summed E-state index contributed by atoms with van der Waals surface area (Å²) in [5, 5.41) is 1.79. The molecule has 2 atom stereocenters. The zero-order chi connectivity index (χ0) is 28.3. The Bertz CT molecular complexity index is 1340. The zero-order valence-corrected chi connectivity index (χ0v) is 26.4. The molecule has 1 aromatic heterocycles. The first kappa shape index (κ1) is 29.7. The summed E-state index contributed by atoms with van der Waals surface area (Å²) < 4.78 is 22.5. The smallest absolute Gasteiger partial charge is 0.154 e. The molecule has 2 heterocycles. The number of pyridine rings is 1. The van der Waals surface area contributed by atoms with Crippen LogP contribution in [0.4, 0.5) is 5.69 Å². The first-order chi connectivity index (χ1) is 19.1. The molecule has 0 radical (unpaired) electrons. The van der Waals surface area contributed by atoms with Crippen molar-refractivity contribution in [2.45, 2.75) is 80.2 Å². The van der Waals surface area contributed by atoms with E-state index in [0.717, 1.165) is 59.3 Å². The van der Waals surface area contributed by atoms with Crippen LogP contribution in [0.25, 0.3) is 0 Å². The lowest BCUT2D eigenvalue weighted by molar-refractivity contribution is 0.188. The molecule has 5 nitrogen and oxygen atoms in total. The van der Waals surface area contributed by atoms with Crippen LogP contribution in [0, 0.1) is 5.41 Å². The minimum Gasteiger partial charge on any atom is -0.486 e. The first-order valence-corrected chi connectivity index (χ1v) is 16.6. The van der Waals surface area contributed by atoms with Crippen molar-refractivity contribution in [1.82, 2.24) is 9.71 Å². The highest BCUT2D eigenvalue weighted by Crippen LogP contribution is 2.48. The van der Waals surface area contributed by atoms with E-state index in [-0.39, 0.29) is 10.2 Å². The van der Waals surface area contributed by atoms with Crippen LogP contribution in [0.3, 0.4) is 0 Å². The molecule has 1 unspecified atom stereocenters.